The minimum absolute atomic E-state index is 0.132. The van der Waals surface area contributed by atoms with Crippen LogP contribution in [0.1, 0.15) is 36.8 Å². The molecule has 0 aliphatic heterocycles. The number of carbonyl (C=O) groups is 2. The van der Waals surface area contributed by atoms with E-state index in [0.29, 0.717) is 22.9 Å². The molecule has 200 valence electrons. The summed E-state index contributed by atoms with van der Waals surface area (Å²) in [5.41, 5.74) is 1.82. The number of nitrogens with one attached hydrogen (secondary N) is 1. The molecule has 3 aromatic rings. The summed E-state index contributed by atoms with van der Waals surface area (Å²) in [4.78, 5) is 29.1. The first-order valence-electron chi connectivity index (χ1n) is 12.8. The minimum atomic E-state index is -0.722. The summed E-state index contributed by atoms with van der Waals surface area (Å²) in [5.74, 6) is 0.621. The fourth-order valence-electron chi connectivity index (χ4n) is 4.70. The summed E-state index contributed by atoms with van der Waals surface area (Å²) in [5, 5.41) is 3.60. The summed E-state index contributed by atoms with van der Waals surface area (Å²) in [6.07, 6.45) is 4.50. The van der Waals surface area contributed by atoms with E-state index in [1.54, 1.807) is 30.2 Å². The topological polar surface area (TPSA) is 67.9 Å². The molecule has 0 aromatic heterocycles. The highest BCUT2D eigenvalue weighted by Crippen LogP contribution is 2.28. The van der Waals surface area contributed by atoms with Gasteiger partial charge in [-0.15, -0.1) is 0 Å². The van der Waals surface area contributed by atoms with Crippen molar-refractivity contribution < 1.29 is 19.1 Å². The number of methoxy groups -OCH3 is 1. The first-order valence-corrected chi connectivity index (χ1v) is 13.9. The number of hydrogen-bond acceptors (Lipinski definition) is 4. The molecule has 1 fully saturated rings. The second-order valence-corrected chi connectivity index (χ2v) is 10.8. The van der Waals surface area contributed by atoms with Gasteiger partial charge in [-0.1, -0.05) is 82.8 Å². The van der Waals surface area contributed by atoms with Gasteiger partial charge >= 0.3 is 0 Å². The molecule has 0 unspecified atom stereocenters. The molecule has 2 amide bonds. The van der Waals surface area contributed by atoms with E-state index < -0.39 is 6.04 Å². The first kappa shape index (κ1) is 28.0. The lowest BCUT2D eigenvalue weighted by Crippen LogP contribution is -2.53. The van der Waals surface area contributed by atoms with E-state index >= 15 is 0 Å². The van der Waals surface area contributed by atoms with Gasteiger partial charge in [0.1, 0.15) is 17.5 Å². The average molecular weight is 600 g/mol. The Bertz CT molecular complexity index is 1230. The van der Waals surface area contributed by atoms with Crippen LogP contribution in [-0.4, -0.2) is 42.5 Å². The lowest BCUT2D eigenvalue weighted by Gasteiger charge is -2.32. The van der Waals surface area contributed by atoms with E-state index in [4.69, 9.17) is 21.1 Å². The summed E-state index contributed by atoms with van der Waals surface area (Å²) in [6, 6.07) is 21.9. The van der Waals surface area contributed by atoms with Crippen molar-refractivity contribution in [3.05, 3.63) is 93.4 Å². The minimum Gasteiger partial charge on any atom is -0.497 e. The number of amides is 2. The third-order valence-corrected chi connectivity index (χ3v) is 7.49. The van der Waals surface area contributed by atoms with E-state index in [-0.39, 0.29) is 31.0 Å². The largest absolute Gasteiger partial charge is 0.497 e. The molecule has 1 atom stereocenters. The molecule has 0 bridgehead atoms. The molecule has 1 aliphatic carbocycles. The third kappa shape index (κ3) is 7.74. The Morgan fingerprint density at radius 1 is 1.03 bits per heavy atom. The normalized spacial score (nSPS) is 14.1. The highest BCUT2D eigenvalue weighted by molar-refractivity contribution is 9.10. The maximum atomic E-state index is 13.8. The zero-order valence-electron chi connectivity index (χ0n) is 21.4. The van der Waals surface area contributed by atoms with Gasteiger partial charge in [-0.3, -0.25) is 9.59 Å². The number of nitrogens with zero attached hydrogens (tertiary/aromatic N) is 1. The molecule has 0 radical (unpaired) electrons. The zero-order valence-corrected chi connectivity index (χ0v) is 23.7. The Morgan fingerprint density at radius 3 is 2.47 bits per heavy atom. The van der Waals surface area contributed by atoms with Crippen LogP contribution in [0.4, 0.5) is 0 Å². The quantitative estimate of drug-likeness (QED) is 0.286. The van der Waals surface area contributed by atoms with Gasteiger partial charge in [-0.2, -0.15) is 0 Å². The van der Waals surface area contributed by atoms with Crippen LogP contribution in [0.5, 0.6) is 11.5 Å². The van der Waals surface area contributed by atoms with Crippen LogP contribution in [0.15, 0.2) is 77.3 Å². The number of halogens is 2. The zero-order chi connectivity index (χ0) is 26.9. The highest BCUT2D eigenvalue weighted by Gasteiger charge is 2.32. The Hall–Kier alpha value is -3.03. The summed E-state index contributed by atoms with van der Waals surface area (Å²) >= 11 is 9.69. The van der Waals surface area contributed by atoms with Gasteiger partial charge in [0.05, 0.1) is 12.1 Å². The summed E-state index contributed by atoms with van der Waals surface area (Å²) in [7, 11) is 1.60. The number of rotatable bonds is 11. The second kappa shape index (κ2) is 13.7. The predicted molar refractivity (Wildman–Crippen MR) is 153 cm³/mol. The van der Waals surface area contributed by atoms with Gasteiger partial charge in [0.15, 0.2) is 6.61 Å². The van der Waals surface area contributed by atoms with Crippen molar-refractivity contribution in [3.63, 3.8) is 0 Å². The standard InChI is InChI=1S/C30H32BrClN2O4/c1-37-25-13-7-10-22(16-25)19-34(29(35)20-38-28-15-14-23(31)18-26(28)32)27(17-21-8-3-2-4-9-21)30(36)33-24-11-5-6-12-24/h2-4,7-10,13-16,18,24,27H,5-6,11-12,17,19-20H2,1H3,(H,33,36)/t27-/m1/s1. The Labute approximate surface area is 237 Å². The van der Waals surface area contributed by atoms with Gasteiger partial charge < -0.3 is 19.7 Å². The summed E-state index contributed by atoms with van der Waals surface area (Å²) < 4.78 is 12.0. The van der Waals surface area contributed by atoms with E-state index in [1.165, 1.54) is 0 Å². The van der Waals surface area contributed by atoms with Gasteiger partial charge in [0.2, 0.25) is 5.91 Å². The number of benzene rings is 3. The van der Waals surface area contributed by atoms with Crippen LogP contribution in [0.3, 0.4) is 0 Å². The van der Waals surface area contributed by atoms with Gasteiger partial charge in [0.25, 0.3) is 5.91 Å². The Kier molecular flexibility index (Phi) is 10.1. The second-order valence-electron chi connectivity index (χ2n) is 9.43. The monoisotopic (exact) mass is 598 g/mol. The lowest BCUT2D eigenvalue weighted by molar-refractivity contribution is -0.143. The maximum Gasteiger partial charge on any atom is 0.261 e. The molecule has 8 heteroatoms. The maximum absolute atomic E-state index is 13.8. The molecule has 1 aliphatic rings. The summed E-state index contributed by atoms with van der Waals surface area (Å²) in [6.45, 7) is -0.0314. The fraction of sp³-hybridized carbons (Fsp3) is 0.333. The smallest absolute Gasteiger partial charge is 0.261 e. The fourth-order valence-corrected chi connectivity index (χ4v) is 5.43. The molecule has 0 saturated heterocycles. The van der Waals surface area contributed by atoms with Crippen molar-refractivity contribution >= 4 is 39.3 Å². The molecule has 3 aromatic carbocycles. The predicted octanol–water partition coefficient (Wildman–Crippen LogP) is 6.19. The lowest BCUT2D eigenvalue weighted by atomic mass is 10.0. The molecular formula is C30H32BrClN2O4. The Balaban J connectivity index is 1.63. The van der Waals surface area contributed by atoms with E-state index in [0.717, 1.165) is 41.3 Å². The number of ether oxygens (including phenoxy) is 2. The molecule has 0 spiro atoms. The molecule has 0 heterocycles. The van der Waals surface area contributed by atoms with Crippen molar-refractivity contribution in [1.29, 1.82) is 0 Å². The average Bonchev–Trinajstić information content (AvgIpc) is 3.43. The molecule has 1 saturated carbocycles. The van der Waals surface area contributed by atoms with Gasteiger partial charge in [-0.25, -0.2) is 0 Å². The van der Waals surface area contributed by atoms with Crippen LogP contribution in [-0.2, 0) is 22.6 Å². The number of carbonyl (C=O) groups excluding carboxylic acids is 2. The SMILES string of the molecule is COc1cccc(CN(C(=O)COc2ccc(Br)cc2Cl)[C@H](Cc2ccccc2)C(=O)NC2CCCC2)c1. The molecule has 6 nitrogen and oxygen atoms in total. The third-order valence-electron chi connectivity index (χ3n) is 6.70. The van der Waals surface area contributed by atoms with Crippen molar-refractivity contribution in [2.24, 2.45) is 0 Å². The van der Waals surface area contributed by atoms with Crippen LogP contribution < -0.4 is 14.8 Å². The Morgan fingerprint density at radius 2 is 1.76 bits per heavy atom. The van der Waals surface area contributed by atoms with Crippen LogP contribution in [0.2, 0.25) is 5.02 Å². The van der Waals surface area contributed by atoms with Gasteiger partial charge in [0, 0.05) is 23.5 Å². The van der Waals surface area contributed by atoms with Crippen molar-refractivity contribution in [1.82, 2.24) is 10.2 Å². The van der Waals surface area contributed by atoms with Crippen molar-refractivity contribution in [3.8, 4) is 11.5 Å². The molecule has 38 heavy (non-hydrogen) atoms. The number of hydrogen-bond donors (Lipinski definition) is 1. The highest BCUT2D eigenvalue weighted by atomic mass is 79.9. The van der Waals surface area contributed by atoms with E-state index in [9.17, 15) is 9.59 Å². The van der Waals surface area contributed by atoms with Crippen molar-refractivity contribution in [2.45, 2.75) is 50.7 Å². The molecular weight excluding hydrogens is 568 g/mol. The van der Waals surface area contributed by atoms with Crippen LogP contribution in [0, 0.1) is 0 Å². The van der Waals surface area contributed by atoms with Crippen molar-refractivity contribution in [2.75, 3.05) is 13.7 Å². The first-order chi connectivity index (χ1) is 18.4. The van der Waals surface area contributed by atoms with Crippen LogP contribution in [0.25, 0.3) is 0 Å². The van der Waals surface area contributed by atoms with Gasteiger partial charge in [-0.05, 0) is 54.3 Å². The van der Waals surface area contributed by atoms with E-state index in [2.05, 4.69) is 21.2 Å². The van der Waals surface area contributed by atoms with Crippen LogP contribution >= 0.6 is 27.5 Å². The molecule has 4 rings (SSSR count). The van der Waals surface area contributed by atoms with E-state index in [1.807, 2.05) is 54.6 Å². The molecule has 1 N–H and O–H groups in total.